The molecule has 0 bridgehead atoms. The topological polar surface area (TPSA) is 87.0 Å². The summed E-state index contributed by atoms with van der Waals surface area (Å²) in [6.07, 6.45) is 0. The predicted octanol–water partition coefficient (Wildman–Crippen LogP) is 0.0828. The van der Waals surface area contributed by atoms with E-state index < -0.39 is 22.5 Å². The molecule has 5 nitrogen and oxygen atoms in total. The van der Waals surface area contributed by atoms with Gasteiger partial charge in [0.05, 0.1) is 11.4 Å². The molecule has 0 spiro atoms. The van der Waals surface area contributed by atoms with E-state index >= 15 is 0 Å². The number of rotatable bonds is 4. The average Bonchev–Trinajstić information content (AvgIpc) is 2.16. The summed E-state index contributed by atoms with van der Waals surface area (Å²) in [4.78, 5) is 10.4. The minimum Gasteiger partial charge on any atom is -0.272 e. The smallest absolute Gasteiger partial charge is 0.253 e. The van der Waals surface area contributed by atoms with E-state index in [0.29, 0.717) is 0 Å². The predicted molar refractivity (Wildman–Crippen MR) is 54.5 cm³/mol. The molecular weight excluding hydrogens is 216 g/mol. The Balaban J connectivity index is 2.87. The Labute approximate surface area is 88.3 Å². The molecule has 81 valence electrons. The SMILES string of the molecule is Cc1ccc(S(=O)(=O)NCC([NH])=O)cc1. The van der Waals surface area contributed by atoms with Crippen LogP contribution in [0.1, 0.15) is 5.56 Å². The van der Waals surface area contributed by atoms with Crippen molar-refractivity contribution in [3.8, 4) is 0 Å². The van der Waals surface area contributed by atoms with E-state index in [-0.39, 0.29) is 4.90 Å². The minimum atomic E-state index is -3.66. The van der Waals surface area contributed by atoms with Crippen molar-refractivity contribution < 1.29 is 13.2 Å². The number of aryl methyl sites for hydroxylation is 1. The lowest BCUT2D eigenvalue weighted by Crippen LogP contribution is -2.29. The first-order chi connectivity index (χ1) is 6.92. The molecule has 2 N–H and O–H groups in total. The number of hydrogen-bond donors (Lipinski definition) is 1. The zero-order chi connectivity index (χ0) is 11.5. The van der Waals surface area contributed by atoms with Crippen molar-refractivity contribution in [2.45, 2.75) is 11.8 Å². The average molecular weight is 227 g/mol. The van der Waals surface area contributed by atoms with Gasteiger partial charge in [-0.1, -0.05) is 17.7 Å². The molecule has 1 amide bonds. The third kappa shape index (κ3) is 3.34. The van der Waals surface area contributed by atoms with Crippen molar-refractivity contribution in [2.75, 3.05) is 6.54 Å². The van der Waals surface area contributed by atoms with Crippen LogP contribution in [-0.4, -0.2) is 20.9 Å². The van der Waals surface area contributed by atoms with Gasteiger partial charge < -0.3 is 0 Å². The number of benzene rings is 1. The summed E-state index contributed by atoms with van der Waals surface area (Å²) < 4.78 is 25.0. The molecule has 0 aliphatic rings. The monoisotopic (exact) mass is 227 g/mol. The first-order valence-electron chi connectivity index (χ1n) is 4.22. The second-order valence-corrected chi connectivity index (χ2v) is 4.83. The van der Waals surface area contributed by atoms with Gasteiger partial charge in [0, 0.05) is 0 Å². The van der Waals surface area contributed by atoms with Crippen molar-refractivity contribution in [1.82, 2.24) is 10.5 Å². The lowest BCUT2D eigenvalue weighted by Gasteiger charge is -2.04. The van der Waals surface area contributed by atoms with Crippen LogP contribution in [0, 0.1) is 6.92 Å². The zero-order valence-electron chi connectivity index (χ0n) is 8.15. The van der Waals surface area contributed by atoms with E-state index in [9.17, 15) is 13.2 Å². The lowest BCUT2D eigenvalue weighted by molar-refractivity contribution is -0.117. The van der Waals surface area contributed by atoms with Crippen LogP contribution in [0.3, 0.4) is 0 Å². The van der Waals surface area contributed by atoms with E-state index in [1.54, 1.807) is 12.1 Å². The lowest BCUT2D eigenvalue weighted by atomic mass is 10.2. The van der Waals surface area contributed by atoms with Crippen molar-refractivity contribution in [3.63, 3.8) is 0 Å². The van der Waals surface area contributed by atoms with Gasteiger partial charge in [0.2, 0.25) is 10.0 Å². The Bertz CT molecular complexity index is 451. The first kappa shape index (κ1) is 11.7. The summed E-state index contributed by atoms with van der Waals surface area (Å²) in [6.45, 7) is 1.34. The number of nitrogens with one attached hydrogen (secondary N) is 2. The molecule has 1 aromatic carbocycles. The van der Waals surface area contributed by atoms with E-state index in [0.717, 1.165) is 5.56 Å². The Morgan fingerprint density at radius 3 is 2.33 bits per heavy atom. The highest BCUT2D eigenvalue weighted by molar-refractivity contribution is 7.89. The molecule has 0 saturated heterocycles. The number of sulfonamides is 1. The summed E-state index contributed by atoms with van der Waals surface area (Å²) >= 11 is 0. The quantitative estimate of drug-likeness (QED) is 0.790. The van der Waals surface area contributed by atoms with Gasteiger partial charge in [-0.25, -0.2) is 13.1 Å². The fourth-order valence-electron chi connectivity index (χ4n) is 0.961. The van der Waals surface area contributed by atoms with Crippen LogP contribution in [0.5, 0.6) is 0 Å². The second-order valence-electron chi connectivity index (χ2n) is 3.06. The molecule has 6 heteroatoms. The van der Waals surface area contributed by atoms with Crippen LogP contribution in [0.15, 0.2) is 29.2 Å². The molecule has 0 saturated carbocycles. The number of amides is 1. The fourth-order valence-corrected chi connectivity index (χ4v) is 1.94. The maximum absolute atomic E-state index is 11.5. The fraction of sp³-hybridized carbons (Fsp3) is 0.222. The molecule has 0 atom stereocenters. The molecule has 0 unspecified atom stereocenters. The summed E-state index contributed by atoms with van der Waals surface area (Å²) in [6, 6.07) is 6.23. The summed E-state index contributed by atoms with van der Waals surface area (Å²) in [7, 11) is -3.66. The highest BCUT2D eigenvalue weighted by atomic mass is 32.2. The number of carbonyl (C=O) groups is 1. The van der Waals surface area contributed by atoms with E-state index in [2.05, 4.69) is 0 Å². The van der Waals surface area contributed by atoms with Crippen LogP contribution in [0.25, 0.3) is 0 Å². The molecule has 0 aliphatic heterocycles. The highest BCUT2D eigenvalue weighted by Gasteiger charge is 2.13. The van der Waals surface area contributed by atoms with Crippen LogP contribution in [0.2, 0.25) is 0 Å². The van der Waals surface area contributed by atoms with Gasteiger partial charge in [-0.2, -0.15) is 0 Å². The Kier molecular flexibility index (Phi) is 3.43. The van der Waals surface area contributed by atoms with E-state index in [1.165, 1.54) is 12.1 Å². The Hall–Kier alpha value is -1.40. The van der Waals surface area contributed by atoms with Crippen LogP contribution >= 0.6 is 0 Å². The van der Waals surface area contributed by atoms with Crippen LogP contribution < -0.4 is 10.5 Å². The van der Waals surface area contributed by atoms with E-state index in [4.69, 9.17) is 5.73 Å². The molecule has 0 aromatic heterocycles. The summed E-state index contributed by atoms with van der Waals surface area (Å²) in [5, 5.41) is 0. The maximum atomic E-state index is 11.5. The number of hydrogen-bond acceptors (Lipinski definition) is 3. The summed E-state index contributed by atoms with van der Waals surface area (Å²) in [5.74, 6) is -0.967. The van der Waals surface area contributed by atoms with E-state index in [1.807, 2.05) is 11.6 Å². The standard InChI is InChI=1S/C9H11N2O3S/c1-7-2-4-8(5-3-7)15(13,14)11-6-9(10)12/h2-5,10-11H,6H2,1H3. The van der Waals surface area contributed by atoms with Crippen LogP contribution in [-0.2, 0) is 14.8 Å². The minimum absolute atomic E-state index is 0.0920. The Morgan fingerprint density at radius 1 is 1.33 bits per heavy atom. The molecule has 1 aromatic rings. The third-order valence-corrected chi connectivity index (χ3v) is 3.17. The third-order valence-electron chi connectivity index (χ3n) is 1.75. The van der Waals surface area contributed by atoms with Crippen LogP contribution in [0.4, 0.5) is 0 Å². The Morgan fingerprint density at radius 2 is 1.87 bits per heavy atom. The van der Waals surface area contributed by atoms with Gasteiger partial charge in [-0.05, 0) is 19.1 Å². The van der Waals surface area contributed by atoms with Gasteiger partial charge in [0.25, 0.3) is 5.91 Å². The normalized spacial score (nSPS) is 11.3. The molecule has 0 heterocycles. The molecule has 1 radical (unpaired) electrons. The van der Waals surface area contributed by atoms with Crippen molar-refractivity contribution >= 4 is 15.9 Å². The van der Waals surface area contributed by atoms with Crippen molar-refractivity contribution in [2.24, 2.45) is 0 Å². The molecule has 1 rings (SSSR count). The van der Waals surface area contributed by atoms with Crippen molar-refractivity contribution in [1.29, 1.82) is 0 Å². The first-order valence-corrected chi connectivity index (χ1v) is 5.71. The summed E-state index contributed by atoms with van der Waals surface area (Å²) in [5.41, 5.74) is 7.54. The van der Waals surface area contributed by atoms with Gasteiger partial charge in [0.1, 0.15) is 0 Å². The molecule has 15 heavy (non-hydrogen) atoms. The zero-order valence-corrected chi connectivity index (χ0v) is 8.97. The highest BCUT2D eigenvalue weighted by Crippen LogP contribution is 2.09. The van der Waals surface area contributed by atoms with Gasteiger partial charge >= 0.3 is 0 Å². The second kappa shape index (κ2) is 4.41. The van der Waals surface area contributed by atoms with Gasteiger partial charge in [-0.15, -0.1) is 0 Å². The number of carbonyl (C=O) groups excluding carboxylic acids is 1. The van der Waals surface area contributed by atoms with Gasteiger partial charge in [-0.3, -0.25) is 10.5 Å². The van der Waals surface area contributed by atoms with Gasteiger partial charge in [0.15, 0.2) is 0 Å². The molecule has 0 aliphatic carbocycles. The maximum Gasteiger partial charge on any atom is 0.253 e. The molecule has 0 fully saturated rings. The van der Waals surface area contributed by atoms with Crippen molar-refractivity contribution in [3.05, 3.63) is 29.8 Å². The largest absolute Gasteiger partial charge is 0.272 e. The molecular formula is C9H11N2O3S.